The average molecular weight is 320 g/mol. The minimum atomic E-state index is 0.104. The van der Waals surface area contributed by atoms with Crippen LogP contribution in [0.2, 0.25) is 0 Å². The maximum absolute atomic E-state index is 13.0. The number of nitrogens with one attached hydrogen (secondary N) is 1. The van der Waals surface area contributed by atoms with Gasteiger partial charge in [-0.1, -0.05) is 24.3 Å². The third-order valence-electron chi connectivity index (χ3n) is 4.73. The highest BCUT2D eigenvalue weighted by atomic mass is 16.2. The van der Waals surface area contributed by atoms with Crippen LogP contribution in [0.25, 0.3) is 10.9 Å². The van der Waals surface area contributed by atoms with E-state index in [0.717, 1.165) is 48.2 Å². The number of rotatable bonds is 2. The molecule has 3 aromatic rings. The van der Waals surface area contributed by atoms with Crippen molar-refractivity contribution in [2.75, 3.05) is 31.1 Å². The molecular weight excluding hydrogens is 300 g/mol. The number of hydrogen-bond acceptors (Lipinski definition) is 3. The summed E-state index contributed by atoms with van der Waals surface area (Å²) in [7, 11) is 0. The standard InChI is InChI=1S/C19H20N4O/c1-14-7-8-17-16(13-20-21-17)18(14)19(24)23-11-9-22(10-12-23)15-5-3-2-4-6-15/h2-8,13H,9-12H2,1H3,(H,20,21). The van der Waals surface area contributed by atoms with E-state index in [4.69, 9.17) is 0 Å². The van der Waals surface area contributed by atoms with Crippen LogP contribution in [-0.2, 0) is 0 Å². The second kappa shape index (κ2) is 6.00. The molecule has 4 rings (SSSR count). The van der Waals surface area contributed by atoms with E-state index in [0.29, 0.717) is 0 Å². The summed E-state index contributed by atoms with van der Waals surface area (Å²) < 4.78 is 0. The number of aromatic amines is 1. The lowest BCUT2D eigenvalue weighted by Gasteiger charge is -2.36. The van der Waals surface area contributed by atoms with Gasteiger partial charge in [0.15, 0.2) is 0 Å². The highest BCUT2D eigenvalue weighted by molar-refractivity contribution is 6.07. The number of anilines is 1. The summed E-state index contributed by atoms with van der Waals surface area (Å²) in [5.41, 5.74) is 3.90. The number of amides is 1. The molecule has 2 heterocycles. The van der Waals surface area contributed by atoms with Crippen LogP contribution in [0.15, 0.2) is 48.7 Å². The van der Waals surface area contributed by atoms with Gasteiger partial charge in [0.25, 0.3) is 5.91 Å². The molecule has 1 saturated heterocycles. The summed E-state index contributed by atoms with van der Waals surface area (Å²) in [6.45, 7) is 5.18. The average Bonchev–Trinajstić information content (AvgIpc) is 3.10. The van der Waals surface area contributed by atoms with E-state index in [2.05, 4.69) is 39.4 Å². The van der Waals surface area contributed by atoms with Gasteiger partial charge in [-0.3, -0.25) is 9.89 Å². The lowest BCUT2D eigenvalue weighted by Crippen LogP contribution is -2.49. The molecule has 5 nitrogen and oxygen atoms in total. The Morgan fingerprint density at radius 3 is 2.54 bits per heavy atom. The van der Waals surface area contributed by atoms with Gasteiger partial charge in [-0.25, -0.2) is 0 Å². The summed E-state index contributed by atoms with van der Waals surface area (Å²) in [6, 6.07) is 14.3. The molecule has 0 aliphatic carbocycles. The van der Waals surface area contributed by atoms with Gasteiger partial charge in [-0.15, -0.1) is 0 Å². The Hall–Kier alpha value is -2.82. The number of aromatic nitrogens is 2. The number of carbonyl (C=O) groups excluding carboxylic acids is 1. The number of hydrogen-bond donors (Lipinski definition) is 1. The molecule has 1 aliphatic rings. The number of H-pyrrole nitrogens is 1. The monoisotopic (exact) mass is 320 g/mol. The summed E-state index contributed by atoms with van der Waals surface area (Å²) in [5, 5.41) is 7.93. The van der Waals surface area contributed by atoms with Gasteiger partial charge >= 0.3 is 0 Å². The van der Waals surface area contributed by atoms with Crippen molar-refractivity contribution >= 4 is 22.5 Å². The molecule has 1 aromatic heterocycles. The fourth-order valence-corrected chi connectivity index (χ4v) is 3.38. The SMILES string of the molecule is Cc1ccc2[nH]ncc2c1C(=O)N1CCN(c2ccccc2)CC1. The number of fused-ring (bicyclic) bond motifs is 1. The maximum atomic E-state index is 13.0. The molecule has 0 atom stereocenters. The second-order valence-corrected chi connectivity index (χ2v) is 6.20. The first kappa shape index (κ1) is 14.8. The molecule has 1 fully saturated rings. The summed E-state index contributed by atoms with van der Waals surface area (Å²) in [6.07, 6.45) is 1.75. The number of nitrogens with zero attached hydrogens (tertiary/aromatic N) is 3. The van der Waals surface area contributed by atoms with Crippen LogP contribution in [0.4, 0.5) is 5.69 Å². The van der Waals surface area contributed by atoms with Crippen LogP contribution in [0.3, 0.4) is 0 Å². The van der Waals surface area contributed by atoms with E-state index < -0.39 is 0 Å². The Morgan fingerprint density at radius 2 is 1.79 bits per heavy atom. The van der Waals surface area contributed by atoms with Crippen molar-refractivity contribution in [3.8, 4) is 0 Å². The van der Waals surface area contributed by atoms with Gasteiger partial charge in [-0.05, 0) is 30.7 Å². The first-order valence-electron chi connectivity index (χ1n) is 8.26. The predicted octanol–water partition coefficient (Wildman–Crippen LogP) is 2.83. The largest absolute Gasteiger partial charge is 0.368 e. The molecule has 0 unspecified atom stereocenters. The van der Waals surface area contributed by atoms with E-state index in [9.17, 15) is 4.79 Å². The quantitative estimate of drug-likeness (QED) is 0.790. The molecule has 24 heavy (non-hydrogen) atoms. The van der Waals surface area contributed by atoms with Crippen molar-refractivity contribution < 1.29 is 4.79 Å². The Morgan fingerprint density at radius 1 is 1.04 bits per heavy atom. The lowest BCUT2D eigenvalue weighted by atomic mass is 10.0. The van der Waals surface area contributed by atoms with Crippen LogP contribution >= 0.6 is 0 Å². The molecule has 1 amide bonds. The maximum Gasteiger partial charge on any atom is 0.254 e. The van der Waals surface area contributed by atoms with E-state index in [-0.39, 0.29) is 5.91 Å². The zero-order chi connectivity index (χ0) is 16.5. The van der Waals surface area contributed by atoms with Crippen molar-refractivity contribution in [3.63, 3.8) is 0 Å². The number of aryl methyl sites for hydroxylation is 1. The first-order chi connectivity index (χ1) is 11.7. The Bertz CT molecular complexity index is 863. The predicted molar refractivity (Wildman–Crippen MR) is 95.4 cm³/mol. The zero-order valence-corrected chi connectivity index (χ0v) is 13.7. The second-order valence-electron chi connectivity index (χ2n) is 6.20. The molecule has 0 bridgehead atoms. The van der Waals surface area contributed by atoms with Crippen molar-refractivity contribution in [1.82, 2.24) is 15.1 Å². The molecule has 0 spiro atoms. The van der Waals surface area contributed by atoms with Crippen molar-refractivity contribution in [3.05, 3.63) is 59.8 Å². The molecule has 0 saturated carbocycles. The van der Waals surface area contributed by atoms with Crippen LogP contribution in [-0.4, -0.2) is 47.2 Å². The molecular formula is C19H20N4O. The minimum Gasteiger partial charge on any atom is -0.368 e. The van der Waals surface area contributed by atoms with Gasteiger partial charge in [-0.2, -0.15) is 5.10 Å². The van der Waals surface area contributed by atoms with E-state index in [1.54, 1.807) is 6.20 Å². The zero-order valence-electron chi connectivity index (χ0n) is 13.7. The van der Waals surface area contributed by atoms with Crippen LogP contribution in [0.5, 0.6) is 0 Å². The minimum absolute atomic E-state index is 0.104. The molecule has 5 heteroatoms. The van der Waals surface area contributed by atoms with E-state index in [1.165, 1.54) is 5.69 Å². The Balaban J connectivity index is 1.54. The highest BCUT2D eigenvalue weighted by Gasteiger charge is 2.25. The third kappa shape index (κ3) is 2.52. The van der Waals surface area contributed by atoms with Crippen LogP contribution in [0, 0.1) is 6.92 Å². The van der Waals surface area contributed by atoms with E-state index >= 15 is 0 Å². The number of benzene rings is 2. The number of carbonyl (C=O) groups is 1. The topological polar surface area (TPSA) is 52.2 Å². The molecule has 2 aromatic carbocycles. The van der Waals surface area contributed by atoms with Crippen molar-refractivity contribution in [1.29, 1.82) is 0 Å². The third-order valence-corrected chi connectivity index (χ3v) is 4.73. The van der Waals surface area contributed by atoms with Crippen LogP contribution in [0.1, 0.15) is 15.9 Å². The van der Waals surface area contributed by atoms with Gasteiger partial charge < -0.3 is 9.80 Å². The Kier molecular flexibility index (Phi) is 3.69. The van der Waals surface area contributed by atoms with E-state index in [1.807, 2.05) is 30.0 Å². The molecule has 0 radical (unpaired) electrons. The number of piperazine rings is 1. The van der Waals surface area contributed by atoms with Gasteiger partial charge in [0.2, 0.25) is 0 Å². The van der Waals surface area contributed by atoms with Gasteiger partial charge in [0.05, 0.1) is 17.3 Å². The fourth-order valence-electron chi connectivity index (χ4n) is 3.38. The number of para-hydroxylation sites is 1. The lowest BCUT2D eigenvalue weighted by molar-refractivity contribution is 0.0748. The summed E-state index contributed by atoms with van der Waals surface area (Å²) in [5.74, 6) is 0.104. The Labute approximate surface area is 140 Å². The first-order valence-corrected chi connectivity index (χ1v) is 8.26. The van der Waals surface area contributed by atoms with Crippen LogP contribution < -0.4 is 4.90 Å². The highest BCUT2D eigenvalue weighted by Crippen LogP contribution is 2.23. The molecule has 1 N–H and O–H groups in total. The van der Waals surface area contributed by atoms with Crippen molar-refractivity contribution in [2.24, 2.45) is 0 Å². The normalized spacial score (nSPS) is 15.0. The van der Waals surface area contributed by atoms with Gasteiger partial charge in [0.1, 0.15) is 0 Å². The molecule has 122 valence electrons. The smallest absolute Gasteiger partial charge is 0.254 e. The molecule has 1 aliphatic heterocycles. The van der Waals surface area contributed by atoms with Crippen molar-refractivity contribution in [2.45, 2.75) is 6.92 Å². The van der Waals surface area contributed by atoms with Gasteiger partial charge in [0, 0.05) is 37.3 Å². The summed E-state index contributed by atoms with van der Waals surface area (Å²) >= 11 is 0. The fraction of sp³-hybridized carbons (Fsp3) is 0.263. The summed E-state index contributed by atoms with van der Waals surface area (Å²) in [4.78, 5) is 17.3.